The van der Waals surface area contributed by atoms with Crippen LogP contribution in [0.15, 0.2) is 103 Å². The van der Waals surface area contributed by atoms with E-state index in [1.807, 2.05) is 0 Å². The lowest BCUT2D eigenvalue weighted by molar-refractivity contribution is 0.299. The number of halogens is 1. The predicted molar refractivity (Wildman–Crippen MR) is 126 cm³/mol. The van der Waals surface area contributed by atoms with Crippen molar-refractivity contribution in [3.8, 4) is 0 Å². The molecule has 0 heterocycles. The summed E-state index contributed by atoms with van der Waals surface area (Å²) in [6.07, 6.45) is 15.0. The zero-order valence-corrected chi connectivity index (χ0v) is 17.5. The fourth-order valence-electron chi connectivity index (χ4n) is 6.21. The summed E-state index contributed by atoms with van der Waals surface area (Å²) in [5.74, 6) is 1.14. The Hall–Kier alpha value is -2.83. The van der Waals surface area contributed by atoms with E-state index in [0.717, 1.165) is 11.4 Å². The van der Waals surface area contributed by atoms with Gasteiger partial charge in [0.15, 0.2) is 0 Å². The maximum Gasteiger partial charge on any atom is 0.0406 e. The average molecular weight is 407 g/mol. The van der Waals surface area contributed by atoms with Crippen molar-refractivity contribution >= 4 is 17.7 Å². The highest BCUT2D eigenvalue weighted by Crippen LogP contribution is 2.63. The van der Waals surface area contributed by atoms with Crippen LogP contribution in [0, 0.1) is 11.8 Å². The Morgan fingerprint density at radius 3 is 2.33 bits per heavy atom. The number of hydrogen-bond acceptors (Lipinski definition) is 0. The summed E-state index contributed by atoms with van der Waals surface area (Å²) in [6.45, 7) is 0. The predicted octanol–water partition coefficient (Wildman–Crippen LogP) is 7.55. The number of allylic oxidation sites excluding steroid dienone is 5. The summed E-state index contributed by atoms with van der Waals surface area (Å²) in [7, 11) is 0. The lowest BCUT2D eigenvalue weighted by Crippen LogP contribution is -2.41. The molecule has 0 saturated heterocycles. The number of fused-ring (bicyclic) bond motifs is 5. The van der Waals surface area contributed by atoms with Gasteiger partial charge in [0.05, 0.1) is 0 Å². The van der Waals surface area contributed by atoms with Crippen LogP contribution in [0.2, 0.25) is 5.02 Å². The molecule has 146 valence electrons. The molecule has 0 saturated carbocycles. The second kappa shape index (κ2) is 6.86. The highest BCUT2D eigenvalue weighted by molar-refractivity contribution is 6.30. The Morgan fingerprint density at radius 2 is 1.53 bits per heavy atom. The number of rotatable bonds is 2. The van der Waals surface area contributed by atoms with Crippen molar-refractivity contribution in [2.75, 3.05) is 0 Å². The van der Waals surface area contributed by atoms with Gasteiger partial charge in [-0.1, -0.05) is 109 Å². The van der Waals surface area contributed by atoms with Crippen LogP contribution in [0.1, 0.15) is 40.2 Å². The van der Waals surface area contributed by atoms with E-state index in [4.69, 9.17) is 11.6 Å². The van der Waals surface area contributed by atoms with Crippen LogP contribution in [0.25, 0.3) is 6.08 Å². The molecular formula is C29H23Cl. The van der Waals surface area contributed by atoms with E-state index >= 15 is 0 Å². The van der Waals surface area contributed by atoms with Crippen molar-refractivity contribution in [3.05, 3.63) is 136 Å². The minimum atomic E-state index is -0.114. The van der Waals surface area contributed by atoms with Crippen LogP contribution >= 0.6 is 11.6 Å². The standard InChI is InChI=1S/C29H23Cl/c30-23-17-15-22(16-18-23)29(21-9-2-1-3-10-21)26-13-7-6-12-25(26)28-24-11-5-4-8-20(24)14-19-27(28)29/h1-9,11-19,21,27-28H,10H2. The topological polar surface area (TPSA) is 0 Å². The molecule has 3 aromatic carbocycles. The van der Waals surface area contributed by atoms with Gasteiger partial charge in [-0.2, -0.15) is 0 Å². The molecule has 4 unspecified atom stereocenters. The van der Waals surface area contributed by atoms with Crippen molar-refractivity contribution in [1.82, 2.24) is 0 Å². The molecule has 0 bridgehead atoms. The third kappa shape index (κ3) is 2.41. The van der Waals surface area contributed by atoms with Gasteiger partial charge < -0.3 is 0 Å². The van der Waals surface area contributed by atoms with E-state index in [1.165, 1.54) is 27.8 Å². The van der Waals surface area contributed by atoms with Crippen LogP contribution in [-0.2, 0) is 5.41 Å². The summed E-state index contributed by atoms with van der Waals surface area (Å²) < 4.78 is 0. The fraction of sp³-hybridized carbons (Fsp3) is 0.172. The van der Waals surface area contributed by atoms with E-state index in [1.54, 1.807) is 0 Å². The molecule has 0 amide bonds. The van der Waals surface area contributed by atoms with Gasteiger partial charge in [-0.25, -0.2) is 0 Å². The molecule has 0 radical (unpaired) electrons. The van der Waals surface area contributed by atoms with Crippen LogP contribution in [-0.4, -0.2) is 0 Å². The van der Waals surface area contributed by atoms with Crippen LogP contribution < -0.4 is 0 Å². The van der Waals surface area contributed by atoms with Gasteiger partial charge in [0.2, 0.25) is 0 Å². The minimum Gasteiger partial charge on any atom is -0.0843 e. The lowest BCUT2D eigenvalue weighted by Gasteiger charge is -2.44. The summed E-state index contributed by atoms with van der Waals surface area (Å²) in [4.78, 5) is 0. The maximum absolute atomic E-state index is 6.31. The average Bonchev–Trinajstić information content (AvgIpc) is 3.12. The van der Waals surface area contributed by atoms with E-state index in [0.29, 0.717) is 17.8 Å². The summed E-state index contributed by atoms with van der Waals surface area (Å²) in [5.41, 5.74) is 6.98. The Kier molecular flexibility index (Phi) is 4.11. The van der Waals surface area contributed by atoms with Gasteiger partial charge in [0, 0.05) is 22.3 Å². The molecule has 30 heavy (non-hydrogen) atoms. The first-order valence-corrected chi connectivity index (χ1v) is 11.1. The Labute approximate surface area is 183 Å². The molecular weight excluding hydrogens is 384 g/mol. The largest absolute Gasteiger partial charge is 0.0843 e. The van der Waals surface area contributed by atoms with Gasteiger partial charge in [-0.05, 0) is 52.3 Å². The fourth-order valence-corrected chi connectivity index (χ4v) is 6.34. The molecule has 0 aromatic heterocycles. The van der Waals surface area contributed by atoms with Crippen molar-refractivity contribution in [3.63, 3.8) is 0 Å². The molecule has 4 atom stereocenters. The molecule has 0 N–H and O–H groups in total. The van der Waals surface area contributed by atoms with Crippen molar-refractivity contribution < 1.29 is 0 Å². The molecule has 0 spiro atoms. The summed E-state index contributed by atoms with van der Waals surface area (Å²) in [5, 5.41) is 0.792. The molecule has 6 rings (SSSR count). The quantitative estimate of drug-likeness (QED) is 0.412. The smallest absolute Gasteiger partial charge is 0.0406 e. The Bertz CT molecular complexity index is 1200. The van der Waals surface area contributed by atoms with Gasteiger partial charge in [-0.3, -0.25) is 0 Å². The van der Waals surface area contributed by atoms with E-state index in [2.05, 4.69) is 109 Å². The highest BCUT2D eigenvalue weighted by Gasteiger charge is 2.56. The first-order valence-electron chi connectivity index (χ1n) is 10.8. The molecule has 0 nitrogen and oxygen atoms in total. The van der Waals surface area contributed by atoms with Crippen LogP contribution in [0.5, 0.6) is 0 Å². The molecule has 3 aliphatic carbocycles. The SMILES string of the molecule is Clc1ccc(C2(C3C=CC=CC3)c3ccccc3C3c4ccccc4C=CC32)cc1. The highest BCUT2D eigenvalue weighted by atomic mass is 35.5. The number of benzene rings is 3. The third-order valence-corrected chi connectivity index (χ3v) is 7.58. The Morgan fingerprint density at radius 1 is 0.767 bits per heavy atom. The normalized spacial score (nSPS) is 28.1. The first kappa shape index (κ1) is 18.0. The molecule has 3 aliphatic rings. The van der Waals surface area contributed by atoms with E-state index in [-0.39, 0.29) is 5.41 Å². The van der Waals surface area contributed by atoms with E-state index < -0.39 is 0 Å². The molecule has 1 heteroatoms. The molecule has 0 aliphatic heterocycles. The van der Waals surface area contributed by atoms with Gasteiger partial charge in [0.1, 0.15) is 0 Å². The summed E-state index contributed by atoms with van der Waals surface area (Å²) >= 11 is 6.31. The molecule has 0 fully saturated rings. The van der Waals surface area contributed by atoms with Crippen LogP contribution in [0.3, 0.4) is 0 Å². The number of hydrogen-bond donors (Lipinski definition) is 0. The maximum atomic E-state index is 6.31. The third-order valence-electron chi connectivity index (χ3n) is 7.33. The zero-order chi connectivity index (χ0) is 20.1. The summed E-state index contributed by atoms with van der Waals surface area (Å²) in [6, 6.07) is 26.6. The van der Waals surface area contributed by atoms with Crippen molar-refractivity contribution in [2.45, 2.75) is 17.8 Å². The lowest BCUT2D eigenvalue weighted by atomic mass is 9.58. The molecule has 3 aromatic rings. The van der Waals surface area contributed by atoms with E-state index in [9.17, 15) is 0 Å². The van der Waals surface area contributed by atoms with Crippen LogP contribution in [0.4, 0.5) is 0 Å². The van der Waals surface area contributed by atoms with Gasteiger partial charge in [0.25, 0.3) is 0 Å². The van der Waals surface area contributed by atoms with Gasteiger partial charge in [-0.15, -0.1) is 0 Å². The van der Waals surface area contributed by atoms with Crippen molar-refractivity contribution in [2.24, 2.45) is 11.8 Å². The first-order chi connectivity index (χ1) is 14.8. The second-order valence-corrected chi connectivity index (χ2v) is 9.05. The van der Waals surface area contributed by atoms with Crippen molar-refractivity contribution in [1.29, 1.82) is 0 Å². The second-order valence-electron chi connectivity index (χ2n) is 8.61. The zero-order valence-electron chi connectivity index (χ0n) is 16.7. The minimum absolute atomic E-state index is 0.114. The van der Waals surface area contributed by atoms with Gasteiger partial charge >= 0.3 is 0 Å². The monoisotopic (exact) mass is 406 g/mol. The Balaban J connectivity index is 1.68.